The molecule has 16 heavy (non-hydrogen) atoms. The predicted octanol–water partition coefficient (Wildman–Crippen LogP) is 1.67. The summed E-state index contributed by atoms with van der Waals surface area (Å²) >= 11 is 1.71. The van der Waals surface area contributed by atoms with Crippen molar-refractivity contribution in [1.82, 2.24) is 15.5 Å². The molecule has 4 nitrogen and oxygen atoms in total. The van der Waals surface area contributed by atoms with Crippen LogP contribution in [0.2, 0.25) is 0 Å². The predicted molar refractivity (Wildman–Crippen MR) is 67.8 cm³/mol. The van der Waals surface area contributed by atoms with Crippen LogP contribution in [-0.2, 0) is 0 Å². The van der Waals surface area contributed by atoms with Gasteiger partial charge in [-0.3, -0.25) is 0 Å². The molecule has 1 heterocycles. The van der Waals surface area contributed by atoms with Crippen molar-refractivity contribution in [2.75, 3.05) is 27.2 Å². The Morgan fingerprint density at radius 3 is 2.75 bits per heavy atom. The maximum Gasteiger partial charge on any atom is 0.314 e. The highest BCUT2D eigenvalue weighted by atomic mass is 32.1. The van der Waals surface area contributed by atoms with Gasteiger partial charge in [-0.05, 0) is 32.5 Å². The summed E-state index contributed by atoms with van der Waals surface area (Å²) in [5.41, 5.74) is 0. The molecule has 1 rings (SSSR count). The van der Waals surface area contributed by atoms with Gasteiger partial charge < -0.3 is 15.5 Å². The lowest BCUT2D eigenvalue weighted by atomic mass is 10.2. The second-order valence-electron chi connectivity index (χ2n) is 3.74. The summed E-state index contributed by atoms with van der Waals surface area (Å²) < 4.78 is 0. The third-order valence-electron chi connectivity index (χ3n) is 2.29. The van der Waals surface area contributed by atoms with E-state index in [4.69, 9.17) is 0 Å². The fourth-order valence-electron chi connectivity index (χ4n) is 1.43. The molecule has 0 aliphatic carbocycles. The number of hydrogen-bond donors (Lipinski definition) is 2. The van der Waals surface area contributed by atoms with Crippen LogP contribution in [-0.4, -0.2) is 38.1 Å². The van der Waals surface area contributed by atoms with Crippen LogP contribution in [0.3, 0.4) is 0 Å². The zero-order valence-corrected chi connectivity index (χ0v) is 10.8. The number of urea groups is 1. The molecular formula is C11H19N3OS. The molecule has 90 valence electrons. The van der Waals surface area contributed by atoms with Gasteiger partial charge in [0.25, 0.3) is 0 Å². The molecule has 0 bridgehead atoms. The molecule has 0 aliphatic heterocycles. The highest BCUT2D eigenvalue weighted by molar-refractivity contribution is 7.10. The highest BCUT2D eigenvalue weighted by Crippen LogP contribution is 2.22. The molecule has 5 heteroatoms. The lowest BCUT2D eigenvalue weighted by Crippen LogP contribution is -2.40. The maximum absolute atomic E-state index is 11.3. The summed E-state index contributed by atoms with van der Waals surface area (Å²) in [5.74, 6) is 0. The summed E-state index contributed by atoms with van der Waals surface area (Å²) in [5, 5.41) is 7.64. The van der Waals surface area contributed by atoms with Crippen molar-refractivity contribution in [3.8, 4) is 0 Å². The fourth-order valence-corrected chi connectivity index (χ4v) is 2.35. The normalized spacial score (nSPS) is 12.5. The Morgan fingerprint density at radius 1 is 1.50 bits per heavy atom. The number of nitrogens with zero attached hydrogens (tertiary/aromatic N) is 1. The van der Waals surface area contributed by atoms with E-state index in [-0.39, 0.29) is 12.1 Å². The van der Waals surface area contributed by atoms with Crippen LogP contribution in [0, 0.1) is 0 Å². The Morgan fingerprint density at radius 2 is 2.25 bits per heavy atom. The first kappa shape index (κ1) is 13.0. The maximum atomic E-state index is 11.3. The Bertz CT molecular complexity index is 311. The molecule has 0 saturated carbocycles. The van der Waals surface area contributed by atoms with Crippen molar-refractivity contribution in [1.29, 1.82) is 0 Å². The standard InChI is InChI=1S/C11H19N3OS/c1-4-12-11(15)13-8-9(14(2)3)10-6-5-7-16-10/h5-7,9H,4,8H2,1-3H3,(H2,12,13,15). The van der Waals surface area contributed by atoms with Crippen molar-refractivity contribution in [3.63, 3.8) is 0 Å². The van der Waals surface area contributed by atoms with Crippen molar-refractivity contribution in [2.45, 2.75) is 13.0 Å². The summed E-state index contributed by atoms with van der Waals surface area (Å²) in [6.45, 7) is 3.18. The SMILES string of the molecule is CCNC(=O)NCC(c1cccs1)N(C)C. The second-order valence-corrected chi connectivity index (χ2v) is 4.71. The van der Waals surface area contributed by atoms with Crippen LogP contribution in [0.1, 0.15) is 17.8 Å². The van der Waals surface area contributed by atoms with Crippen LogP contribution in [0.4, 0.5) is 4.79 Å². The fraction of sp³-hybridized carbons (Fsp3) is 0.545. The van der Waals surface area contributed by atoms with Gasteiger partial charge in [-0.25, -0.2) is 4.79 Å². The van der Waals surface area contributed by atoms with Crippen LogP contribution >= 0.6 is 11.3 Å². The molecule has 0 saturated heterocycles. The molecular weight excluding hydrogens is 222 g/mol. The smallest absolute Gasteiger partial charge is 0.314 e. The topological polar surface area (TPSA) is 44.4 Å². The average Bonchev–Trinajstić information content (AvgIpc) is 2.71. The molecule has 0 radical (unpaired) electrons. The van der Waals surface area contributed by atoms with Crippen molar-refractivity contribution < 1.29 is 4.79 Å². The molecule has 0 fully saturated rings. The quantitative estimate of drug-likeness (QED) is 0.823. The van der Waals surface area contributed by atoms with E-state index in [1.54, 1.807) is 11.3 Å². The molecule has 1 aromatic rings. The number of thiophene rings is 1. The van der Waals surface area contributed by atoms with Gasteiger partial charge in [-0.1, -0.05) is 6.07 Å². The van der Waals surface area contributed by atoms with Gasteiger partial charge in [0.1, 0.15) is 0 Å². The van der Waals surface area contributed by atoms with Crippen LogP contribution in [0.15, 0.2) is 17.5 Å². The lowest BCUT2D eigenvalue weighted by Gasteiger charge is -2.23. The van der Waals surface area contributed by atoms with Crippen LogP contribution < -0.4 is 10.6 Å². The third-order valence-corrected chi connectivity index (χ3v) is 3.26. The number of carbonyl (C=O) groups excluding carboxylic acids is 1. The summed E-state index contributed by atoms with van der Waals surface area (Å²) in [7, 11) is 4.04. The van der Waals surface area contributed by atoms with E-state index in [0.29, 0.717) is 13.1 Å². The summed E-state index contributed by atoms with van der Waals surface area (Å²) in [4.78, 5) is 14.7. The number of likely N-dealkylation sites (N-methyl/N-ethyl adjacent to an activating group) is 1. The number of amides is 2. The van der Waals surface area contributed by atoms with Gasteiger partial charge in [-0.2, -0.15) is 0 Å². The van der Waals surface area contributed by atoms with Crippen molar-refractivity contribution >= 4 is 17.4 Å². The van der Waals surface area contributed by atoms with Gasteiger partial charge in [0.15, 0.2) is 0 Å². The molecule has 0 spiro atoms. The molecule has 0 aliphatic rings. The molecule has 2 N–H and O–H groups in total. The van der Waals surface area contributed by atoms with Gasteiger partial charge in [0.2, 0.25) is 0 Å². The zero-order chi connectivity index (χ0) is 12.0. The average molecular weight is 241 g/mol. The van der Waals surface area contributed by atoms with E-state index in [0.717, 1.165) is 0 Å². The highest BCUT2D eigenvalue weighted by Gasteiger charge is 2.15. The van der Waals surface area contributed by atoms with E-state index >= 15 is 0 Å². The molecule has 2 amide bonds. The molecule has 1 aromatic heterocycles. The van der Waals surface area contributed by atoms with Gasteiger partial charge in [0.05, 0.1) is 6.04 Å². The largest absolute Gasteiger partial charge is 0.338 e. The number of carbonyl (C=O) groups is 1. The van der Waals surface area contributed by atoms with Crippen molar-refractivity contribution in [2.24, 2.45) is 0 Å². The minimum absolute atomic E-state index is 0.106. The first-order valence-corrected chi connectivity index (χ1v) is 6.24. The second kappa shape index (κ2) is 6.50. The minimum atomic E-state index is -0.106. The molecule has 1 unspecified atom stereocenters. The number of rotatable bonds is 5. The Kier molecular flexibility index (Phi) is 5.28. The van der Waals surface area contributed by atoms with Gasteiger partial charge in [-0.15, -0.1) is 11.3 Å². The lowest BCUT2D eigenvalue weighted by molar-refractivity contribution is 0.234. The minimum Gasteiger partial charge on any atom is -0.338 e. The van der Waals surface area contributed by atoms with E-state index in [1.165, 1.54) is 4.88 Å². The van der Waals surface area contributed by atoms with Crippen LogP contribution in [0.25, 0.3) is 0 Å². The third kappa shape index (κ3) is 3.83. The van der Waals surface area contributed by atoms with E-state index < -0.39 is 0 Å². The first-order valence-electron chi connectivity index (χ1n) is 5.36. The van der Waals surface area contributed by atoms with E-state index in [2.05, 4.69) is 27.0 Å². The van der Waals surface area contributed by atoms with Crippen LogP contribution in [0.5, 0.6) is 0 Å². The first-order chi connectivity index (χ1) is 7.65. The number of nitrogens with one attached hydrogen (secondary N) is 2. The zero-order valence-electron chi connectivity index (χ0n) is 9.99. The summed E-state index contributed by atoms with van der Waals surface area (Å²) in [6, 6.07) is 4.26. The Hall–Kier alpha value is -1.07. The van der Waals surface area contributed by atoms with Crippen molar-refractivity contribution in [3.05, 3.63) is 22.4 Å². The van der Waals surface area contributed by atoms with E-state index in [1.807, 2.05) is 27.1 Å². The summed E-state index contributed by atoms with van der Waals surface area (Å²) in [6.07, 6.45) is 0. The Labute approximate surface area is 101 Å². The number of hydrogen-bond acceptors (Lipinski definition) is 3. The molecule has 1 atom stereocenters. The molecule has 0 aromatic carbocycles. The Balaban J connectivity index is 2.50. The van der Waals surface area contributed by atoms with Gasteiger partial charge in [0, 0.05) is 18.0 Å². The monoisotopic (exact) mass is 241 g/mol. The van der Waals surface area contributed by atoms with E-state index in [9.17, 15) is 4.79 Å². The van der Waals surface area contributed by atoms with Gasteiger partial charge >= 0.3 is 6.03 Å².